The Kier molecular flexibility index (Phi) is 19.3. The van der Waals surface area contributed by atoms with Crippen molar-refractivity contribution in [2.75, 3.05) is 18.5 Å². The van der Waals surface area contributed by atoms with E-state index in [1.165, 1.54) is 77.0 Å². The van der Waals surface area contributed by atoms with Gasteiger partial charge in [-0.25, -0.2) is 8.42 Å². The summed E-state index contributed by atoms with van der Waals surface area (Å²) in [6.07, 6.45) is 22.8. The quantitative estimate of drug-likeness (QED) is 0.0943. The zero-order chi connectivity index (χ0) is 21.8. The van der Waals surface area contributed by atoms with Gasteiger partial charge in [0, 0.05) is 0 Å². The van der Waals surface area contributed by atoms with Crippen LogP contribution in [0.5, 0.6) is 0 Å². The molecule has 0 fully saturated rings. The van der Waals surface area contributed by atoms with Crippen LogP contribution in [-0.4, -0.2) is 31.5 Å². The van der Waals surface area contributed by atoms with Crippen LogP contribution in [0.4, 0.5) is 0 Å². The molecule has 0 N–H and O–H groups in total. The molecule has 0 atom stereocenters. The first-order valence-electron chi connectivity index (χ1n) is 12.8. The van der Waals surface area contributed by atoms with Crippen LogP contribution >= 0.6 is 6.46 Å². The molecule has 0 aromatic heterocycles. The molecule has 0 heterocycles. The maximum Gasteiger partial charge on any atom is 0.212 e. The van der Waals surface area contributed by atoms with E-state index in [-0.39, 0.29) is 0 Å². The van der Waals surface area contributed by atoms with E-state index >= 15 is 0 Å². The molecule has 0 unspecified atom stereocenters. The van der Waals surface area contributed by atoms with Gasteiger partial charge in [-0.05, 0) is 38.5 Å². The molecule has 0 aliphatic heterocycles. The Balaban J connectivity index is 4.72. The number of unbranched alkanes of at least 4 members (excludes halogenated alkanes) is 15. The first-order chi connectivity index (χ1) is 13.9. The molecule has 0 bridgehead atoms. The SMILES string of the molecule is CCCCCCCC[P+](CCCCCCCC)(CCCCCCCC)S(=O)(=O)[O-]. The predicted molar refractivity (Wildman–Crippen MR) is 131 cm³/mol. The molecule has 0 aromatic rings. The summed E-state index contributed by atoms with van der Waals surface area (Å²) in [5.41, 5.74) is 0. The first kappa shape index (κ1) is 29.3. The van der Waals surface area contributed by atoms with Crippen molar-refractivity contribution >= 4 is 16.2 Å². The fourth-order valence-electron chi connectivity index (χ4n) is 4.21. The van der Waals surface area contributed by atoms with Crippen LogP contribution in [0.25, 0.3) is 0 Å². The second kappa shape index (κ2) is 19.1. The summed E-state index contributed by atoms with van der Waals surface area (Å²) >= 11 is 0. The molecule has 0 rings (SSSR count). The normalized spacial score (nSPS) is 12.6. The van der Waals surface area contributed by atoms with Gasteiger partial charge < -0.3 is 4.55 Å². The van der Waals surface area contributed by atoms with E-state index < -0.39 is 16.2 Å². The van der Waals surface area contributed by atoms with Gasteiger partial charge in [-0.3, -0.25) is 0 Å². The molecule has 176 valence electrons. The van der Waals surface area contributed by atoms with Crippen LogP contribution in [-0.2, 0) is 9.74 Å². The topological polar surface area (TPSA) is 57.2 Å². The molecule has 0 saturated heterocycles. The lowest BCUT2D eigenvalue weighted by Crippen LogP contribution is -2.18. The highest BCUT2D eigenvalue weighted by atomic mass is 32.8. The zero-order valence-electron chi connectivity index (χ0n) is 19.9. The van der Waals surface area contributed by atoms with Crippen LogP contribution in [0, 0.1) is 0 Å². The van der Waals surface area contributed by atoms with E-state index in [2.05, 4.69) is 20.8 Å². The fraction of sp³-hybridized carbons (Fsp3) is 1.00. The van der Waals surface area contributed by atoms with Crippen molar-refractivity contribution in [3.05, 3.63) is 0 Å². The Morgan fingerprint density at radius 3 is 0.966 bits per heavy atom. The molecule has 0 aliphatic rings. The average Bonchev–Trinajstić information content (AvgIpc) is 2.68. The van der Waals surface area contributed by atoms with E-state index in [1.54, 1.807) is 0 Å². The minimum absolute atomic E-state index is 0.689. The lowest BCUT2D eigenvalue weighted by molar-refractivity contribution is 0.479. The van der Waals surface area contributed by atoms with Crippen LogP contribution in [0.2, 0.25) is 0 Å². The fourth-order valence-corrected chi connectivity index (χ4v) is 11.1. The third-order valence-electron chi connectivity index (χ3n) is 6.23. The molecule has 0 spiro atoms. The van der Waals surface area contributed by atoms with Crippen molar-refractivity contribution in [2.45, 2.75) is 136 Å². The van der Waals surface area contributed by atoms with Crippen molar-refractivity contribution in [1.29, 1.82) is 0 Å². The number of hydrogen-bond acceptors (Lipinski definition) is 3. The Morgan fingerprint density at radius 2 is 0.724 bits per heavy atom. The third-order valence-corrected chi connectivity index (χ3v) is 15.1. The van der Waals surface area contributed by atoms with Gasteiger partial charge >= 0.3 is 0 Å². The minimum atomic E-state index is -4.16. The average molecular weight is 451 g/mol. The highest BCUT2D eigenvalue weighted by Gasteiger charge is 2.43. The second-order valence-electron chi connectivity index (χ2n) is 8.96. The molecule has 29 heavy (non-hydrogen) atoms. The highest BCUT2D eigenvalue weighted by molar-refractivity contribution is 8.54. The van der Waals surface area contributed by atoms with E-state index in [0.717, 1.165) is 38.5 Å². The molecule has 0 aliphatic carbocycles. The van der Waals surface area contributed by atoms with Crippen LogP contribution in [0.15, 0.2) is 0 Å². The standard InChI is InChI=1S/C24H51O3PS/c1-4-7-10-13-16-19-22-28(29(25,26)27,23-20-17-14-11-8-5-2)24-21-18-15-12-9-6-3/h4-24H2,1-3H3. The van der Waals surface area contributed by atoms with Gasteiger partial charge in [0.2, 0.25) is 9.74 Å². The summed E-state index contributed by atoms with van der Waals surface area (Å²) in [6.45, 7) is 4.20. The van der Waals surface area contributed by atoms with Gasteiger partial charge in [-0.15, -0.1) is 0 Å². The van der Waals surface area contributed by atoms with Crippen molar-refractivity contribution < 1.29 is 13.0 Å². The summed E-state index contributed by atoms with van der Waals surface area (Å²) in [4.78, 5) is 0. The summed E-state index contributed by atoms with van der Waals surface area (Å²) in [5.74, 6) is 0. The van der Waals surface area contributed by atoms with Gasteiger partial charge in [0.05, 0.1) is 18.5 Å². The zero-order valence-corrected chi connectivity index (χ0v) is 21.6. The van der Waals surface area contributed by atoms with Gasteiger partial charge in [-0.2, -0.15) is 0 Å². The monoisotopic (exact) mass is 450 g/mol. The lowest BCUT2D eigenvalue weighted by atomic mass is 10.1. The van der Waals surface area contributed by atoms with Gasteiger partial charge in [0.1, 0.15) is 6.46 Å². The maximum atomic E-state index is 12.4. The summed E-state index contributed by atoms with van der Waals surface area (Å²) in [7, 11) is -4.16. The molecule has 0 aromatic carbocycles. The Labute approximate surface area is 184 Å². The highest BCUT2D eigenvalue weighted by Crippen LogP contribution is 2.65. The molecule has 3 nitrogen and oxygen atoms in total. The van der Waals surface area contributed by atoms with E-state index in [0.29, 0.717) is 18.5 Å². The van der Waals surface area contributed by atoms with Crippen molar-refractivity contribution in [2.24, 2.45) is 0 Å². The van der Waals surface area contributed by atoms with Crippen molar-refractivity contribution in [3.63, 3.8) is 0 Å². The molecule has 0 radical (unpaired) electrons. The molecular formula is C24H51O3PS. The minimum Gasteiger partial charge on any atom is -0.717 e. The number of hydrogen-bond donors (Lipinski definition) is 0. The summed E-state index contributed by atoms with van der Waals surface area (Å²) in [6, 6.07) is 0. The van der Waals surface area contributed by atoms with Crippen LogP contribution < -0.4 is 0 Å². The summed E-state index contributed by atoms with van der Waals surface area (Å²) < 4.78 is 37.3. The molecule has 0 saturated carbocycles. The second-order valence-corrected chi connectivity index (χ2v) is 16.9. The van der Waals surface area contributed by atoms with Crippen molar-refractivity contribution in [1.82, 2.24) is 0 Å². The Hall–Kier alpha value is 0.340. The lowest BCUT2D eigenvalue weighted by Gasteiger charge is -2.29. The largest absolute Gasteiger partial charge is 0.717 e. The van der Waals surface area contributed by atoms with Crippen molar-refractivity contribution in [3.8, 4) is 0 Å². The molecule has 0 amide bonds. The number of rotatable bonds is 22. The first-order valence-corrected chi connectivity index (χ1v) is 17.1. The maximum absolute atomic E-state index is 12.4. The van der Waals surface area contributed by atoms with Gasteiger partial charge in [0.25, 0.3) is 0 Å². The van der Waals surface area contributed by atoms with Crippen LogP contribution in [0.3, 0.4) is 0 Å². The Bertz CT molecular complexity index is 410. The predicted octanol–water partition coefficient (Wildman–Crippen LogP) is 8.55. The smallest absolute Gasteiger partial charge is 0.212 e. The van der Waals surface area contributed by atoms with Gasteiger partial charge in [-0.1, -0.05) is 97.8 Å². The summed E-state index contributed by atoms with van der Waals surface area (Å²) in [5, 5.41) is 0. The van der Waals surface area contributed by atoms with E-state index in [1.807, 2.05) is 0 Å². The Morgan fingerprint density at radius 1 is 0.483 bits per heavy atom. The molecular weight excluding hydrogens is 399 g/mol. The van der Waals surface area contributed by atoms with E-state index in [9.17, 15) is 13.0 Å². The third kappa shape index (κ3) is 14.9. The van der Waals surface area contributed by atoms with Gasteiger partial charge in [0.15, 0.2) is 0 Å². The van der Waals surface area contributed by atoms with Crippen LogP contribution in [0.1, 0.15) is 136 Å². The molecule has 5 heteroatoms. The van der Waals surface area contributed by atoms with E-state index in [4.69, 9.17) is 0 Å².